The van der Waals surface area contributed by atoms with Gasteiger partial charge in [-0.1, -0.05) is 13.3 Å². The number of hydrogen-bond donors (Lipinski definition) is 0. The van der Waals surface area contributed by atoms with Crippen molar-refractivity contribution in [3.05, 3.63) is 0 Å². The second-order valence-corrected chi connectivity index (χ2v) is 6.61. The molecule has 0 radical (unpaired) electrons. The number of piperidine rings is 1. The van der Waals surface area contributed by atoms with E-state index in [-0.39, 0.29) is 0 Å². The van der Waals surface area contributed by atoms with E-state index in [1.807, 2.05) is 0 Å². The van der Waals surface area contributed by atoms with E-state index >= 15 is 0 Å². The molecule has 0 aromatic heterocycles. The fourth-order valence-electron chi connectivity index (χ4n) is 4.20. The van der Waals surface area contributed by atoms with E-state index in [2.05, 4.69) is 28.7 Å². The molecule has 0 N–H and O–H groups in total. The quantitative estimate of drug-likeness (QED) is 0.752. The lowest BCUT2D eigenvalue weighted by Crippen LogP contribution is -2.52. The standard InChI is InChI=1S/C15H29N3/c1-3-4-7-17-8-5-13(6-9-17)18-12-14-10-15(18)11-16(14)2/h13-15H,3-12H2,1-2H3/t14-,15-/m0/s1. The van der Waals surface area contributed by atoms with E-state index in [9.17, 15) is 0 Å². The minimum absolute atomic E-state index is 0.869. The zero-order chi connectivity index (χ0) is 12.5. The van der Waals surface area contributed by atoms with Gasteiger partial charge in [0, 0.05) is 31.2 Å². The van der Waals surface area contributed by atoms with Crippen LogP contribution in [0.4, 0.5) is 0 Å². The van der Waals surface area contributed by atoms with Crippen molar-refractivity contribution < 1.29 is 0 Å². The highest BCUT2D eigenvalue weighted by Gasteiger charge is 2.44. The predicted molar refractivity (Wildman–Crippen MR) is 75.9 cm³/mol. The molecule has 0 spiro atoms. The fraction of sp³-hybridized carbons (Fsp3) is 1.00. The Morgan fingerprint density at radius 3 is 2.33 bits per heavy atom. The zero-order valence-corrected chi connectivity index (χ0v) is 12.1. The van der Waals surface area contributed by atoms with Gasteiger partial charge in [0.15, 0.2) is 0 Å². The Labute approximate surface area is 112 Å². The molecule has 3 heterocycles. The molecule has 104 valence electrons. The van der Waals surface area contributed by atoms with Gasteiger partial charge >= 0.3 is 0 Å². The molecule has 3 aliphatic heterocycles. The summed E-state index contributed by atoms with van der Waals surface area (Å²) in [5.41, 5.74) is 0. The summed E-state index contributed by atoms with van der Waals surface area (Å²) < 4.78 is 0. The van der Waals surface area contributed by atoms with Crippen LogP contribution in [0, 0.1) is 0 Å². The summed E-state index contributed by atoms with van der Waals surface area (Å²) in [6.07, 6.45) is 6.98. The third-order valence-corrected chi connectivity index (χ3v) is 5.41. The SMILES string of the molecule is CCCCN1CCC(N2C[C@@H]3C[C@H]2CN3C)CC1. The van der Waals surface area contributed by atoms with E-state index in [1.165, 1.54) is 64.8 Å². The summed E-state index contributed by atoms with van der Waals surface area (Å²) in [5, 5.41) is 0. The van der Waals surface area contributed by atoms with Crippen LogP contribution >= 0.6 is 0 Å². The van der Waals surface area contributed by atoms with Gasteiger partial charge in [-0.15, -0.1) is 0 Å². The highest BCUT2D eigenvalue weighted by Crippen LogP contribution is 2.33. The number of unbranched alkanes of at least 4 members (excludes halogenated alkanes) is 1. The lowest BCUT2D eigenvalue weighted by atomic mass is 10.0. The summed E-state index contributed by atoms with van der Waals surface area (Å²) in [6.45, 7) is 8.98. The van der Waals surface area contributed by atoms with Gasteiger partial charge in [0.2, 0.25) is 0 Å². The van der Waals surface area contributed by atoms with E-state index in [1.54, 1.807) is 0 Å². The number of piperazine rings is 1. The first-order valence-electron chi connectivity index (χ1n) is 7.96. The molecule has 3 nitrogen and oxygen atoms in total. The number of likely N-dealkylation sites (tertiary alicyclic amines) is 3. The lowest BCUT2D eigenvalue weighted by molar-refractivity contribution is 0.0628. The second kappa shape index (κ2) is 5.48. The Hall–Kier alpha value is -0.120. The van der Waals surface area contributed by atoms with Gasteiger partial charge in [-0.2, -0.15) is 0 Å². The lowest BCUT2D eigenvalue weighted by Gasteiger charge is -2.42. The molecule has 3 saturated heterocycles. The van der Waals surface area contributed by atoms with Crippen LogP contribution in [0.2, 0.25) is 0 Å². The van der Waals surface area contributed by atoms with Gasteiger partial charge < -0.3 is 9.80 Å². The van der Waals surface area contributed by atoms with Gasteiger partial charge in [-0.05, 0) is 52.4 Å². The Morgan fingerprint density at radius 2 is 1.78 bits per heavy atom. The number of hydrogen-bond acceptors (Lipinski definition) is 3. The molecule has 0 aromatic rings. The van der Waals surface area contributed by atoms with E-state index < -0.39 is 0 Å². The average Bonchev–Trinajstić information content (AvgIpc) is 2.96. The van der Waals surface area contributed by atoms with Crippen molar-refractivity contribution in [1.82, 2.24) is 14.7 Å². The molecule has 0 aromatic carbocycles. The maximum Gasteiger partial charge on any atom is 0.0242 e. The third kappa shape index (κ3) is 2.45. The second-order valence-electron chi connectivity index (χ2n) is 6.61. The Morgan fingerprint density at radius 1 is 1.00 bits per heavy atom. The molecule has 3 heteroatoms. The van der Waals surface area contributed by atoms with E-state index in [4.69, 9.17) is 0 Å². The largest absolute Gasteiger partial charge is 0.303 e. The van der Waals surface area contributed by atoms with E-state index in [0.29, 0.717) is 0 Å². The molecule has 3 rings (SSSR count). The highest BCUT2D eigenvalue weighted by atomic mass is 15.4. The first-order valence-corrected chi connectivity index (χ1v) is 7.96. The Balaban J connectivity index is 1.46. The molecule has 18 heavy (non-hydrogen) atoms. The molecule has 3 fully saturated rings. The highest BCUT2D eigenvalue weighted by molar-refractivity contribution is 5.01. The smallest absolute Gasteiger partial charge is 0.0242 e. The monoisotopic (exact) mass is 251 g/mol. The van der Waals surface area contributed by atoms with Crippen molar-refractivity contribution in [1.29, 1.82) is 0 Å². The molecule has 0 saturated carbocycles. The van der Waals surface area contributed by atoms with Crippen LogP contribution in [0.1, 0.15) is 39.0 Å². The van der Waals surface area contributed by atoms with Crippen LogP contribution < -0.4 is 0 Å². The summed E-state index contributed by atoms with van der Waals surface area (Å²) in [4.78, 5) is 8.10. The van der Waals surface area contributed by atoms with Crippen LogP contribution in [-0.2, 0) is 0 Å². The molecular formula is C15H29N3. The van der Waals surface area contributed by atoms with Crippen molar-refractivity contribution in [3.8, 4) is 0 Å². The number of fused-ring (bicyclic) bond motifs is 2. The van der Waals surface area contributed by atoms with Crippen molar-refractivity contribution in [2.75, 3.05) is 39.8 Å². The number of rotatable bonds is 4. The molecule has 3 aliphatic rings. The maximum atomic E-state index is 2.85. The van der Waals surface area contributed by atoms with Crippen molar-refractivity contribution in [3.63, 3.8) is 0 Å². The first-order chi connectivity index (χ1) is 8.78. The average molecular weight is 251 g/mol. The minimum atomic E-state index is 0.869. The minimum Gasteiger partial charge on any atom is -0.303 e. The molecular weight excluding hydrogens is 222 g/mol. The summed E-state index contributed by atoms with van der Waals surface area (Å²) >= 11 is 0. The third-order valence-electron chi connectivity index (χ3n) is 5.41. The van der Waals surface area contributed by atoms with Crippen LogP contribution in [0.25, 0.3) is 0 Å². The van der Waals surface area contributed by atoms with Gasteiger partial charge in [-0.25, -0.2) is 0 Å². The molecule has 0 amide bonds. The zero-order valence-electron chi connectivity index (χ0n) is 12.1. The Bertz CT molecular complexity index is 271. The Kier molecular flexibility index (Phi) is 3.92. The number of nitrogens with zero attached hydrogens (tertiary/aromatic N) is 3. The topological polar surface area (TPSA) is 9.72 Å². The summed E-state index contributed by atoms with van der Waals surface area (Å²) in [6, 6.07) is 2.65. The van der Waals surface area contributed by atoms with Gasteiger partial charge in [0.1, 0.15) is 0 Å². The van der Waals surface area contributed by atoms with Crippen molar-refractivity contribution >= 4 is 0 Å². The fourth-order valence-corrected chi connectivity index (χ4v) is 4.20. The van der Waals surface area contributed by atoms with Gasteiger partial charge in [-0.3, -0.25) is 4.90 Å². The molecule has 0 unspecified atom stereocenters. The summed E-state index contributed by atoms with van der Waals surface area (Å²) in [7, 11) is 2.30. The van der Waals surface area contributed by atoms with Gasteiger partial charge in [0.05, 0.1) is 0 Å². The normalized spacial score (nSPS) is 35.7. The van der Waals surface area contributed by atoms with Crippen molar-refractivity contribution in [2.24, 2.45) is 0 Å². The van der Waals surface area contributed by atoms with Crippen LogP contribution in [-0.4, -0.2) is 72.6 Å². The maximum absolute atomic E-state index is 2.85. The summed E-state index contributed by atoms with van der Waals surface area (Å²) in [5.74, 6) is 0. The van der Waals surface area contributed by atoms with E-state index in [0.717, 1.165) is 18.1 Å². The van der Waals surface area contributed by atoms with Crippen LogP contribution in [0.5, 0.6) is 0 Å². The van der Waals surface area contributed by atoms with Crippen LogP contribution in [0.3, 0.4) is 0 Å². The van der Waals surface area contributed by atoms with Gasteiger partial charge in [0.25, 0.3) is 0 Å². The predicted octanol–water partition coefficient (Wildman–Crippen LogP) is 1.64. The molecule has 0 aliphatic carbocycles. The molecule has 2 atom stereocenters. The van der Waals surface area contributed by atoms with Crippen molar-refractivity contribution in [2.45, 2.75) is 57.2 Å². The molecule has 2 bridgehead atoms. The number of likely N-dealkylation sites (N-methyl/N-ethyl adjacent to an activating group) is 1. The first kappa shape index (κ1) is 12.9. The van der Waals surface area contributed by atoms with Crippen LogP contribution in [0.15, 0.2) is 0 Å².